The van der Waals surface area contributed by atoms with E-state index in [9.17, 15) is 19.1 Å². The zero-order valence-corrected chi connectivity index (χ0v) is 13.8. The minimum atomic E-state index is -1.08. The molecule has 1 amide bonds. The van der Waals surface area contributed by atoms with Crippen LogP contribution in [0.25, 0.3) is 5.69 Å². The highest BCUT2D eigenvalue weighted by atomic mass is 19.1. The van der Waals surface area contributed by atoms with Gasteiger partial charge in [0.15, 0.2) is 5.69 Å². The van der Waals surface area contributed by atoms with Gasteiger partial charge in [0.1, 0.15) is 11.9 Å². The van der Waals surface area contributed by atoms with Gasteiger partial charge in [0.2, 0.25) is 0 Å². The molecule has 2 N–H and O–H groups in total. The second-order valence-electron chi connectivity index (χ2n) is 6.07. The molecule has 1 heterocycles. The Kier molecular flexibility index (Phi) is 5.33. The lowest BCUT2D eigenvalue weighted by Gasteiger charge is -2.15. The molecule has 1 aromatic heterocycles. The Hall–Kier alpha value is -2.70. The van der Waals surface area contributed by atoms with Crippen molar-refractivity contribution in [3.8, 4) is 5.69 Å². The van der Waals surface area contributed by atoms with Gasteiger partial charge in [-0.25, -0.2) is 13.9 Å². The molecule has 24 heavy (non-hydrogen) atoms. The molecule has 0 spiro atoms. The normalized spacial score (nSPS) is 12.2. The molecule has 0 aliphatic heterocycles. The molecule has 6 nitrogen and oxygen atoms in total. The summed E-state index contributed by atoms with van der Waals surface area (Å²) in [6, 6.07) is 4.78. The molecule has 0 bridgehead atoms. The van der Waals surface area contributed by atoms with E-state index in [2.05, 4.69) is 10.4 Å². The number of carboxylic acid groups (broad SMARTS) is 1. The van der Waals surface area contributed by atoms with E-state index >= 15 is 0 Å². The van der Waals surface area contributed by atoms with E-state index in [0.29, 0.717) is 17.7 Å². The van der Waals surface area contributed by atoms with E-state index in [1.54, 1.807) is 19.2 Å². The number of nitrogens with one attached hydrogen (secondary N) is 1. The van der Waals surface area contributed by atoms with E-state index in [0.717, 1.165) is 0 Å². The number of hydrogen-bond donors (Lipinski definition) is 2. The molecule has 0 saturated carbocycles. The number of nitrogens with zero attached hydrogens (tertiary/aromatic N) is 2. The molecule has 0 aliphatic rings. The van der Waals surface area contributed by atoms with Crippen molar-refractivity contribution in [1.82, 2.24) is 15.1 Å². The number of amides is 1. The maximum absolute atomic E-state index is 13.2. The first-order chi connectivity index (χ1) is 11.3. The topological polar surface area (TPSA) is 84.2 Å². The summed E-state index contributed by atoms with van der Waals surface area (Å²) >= 11 is 0. The van der Waals surface area contributed by atoms with Crippen molar-refractivity contribution in [2.45, 2.75) is 33.2 Å². The second kappa shape index (κ2) is 7.25. The third-order valence-corrected chi connectivity index (χ3v) is 3.54. The lowest BCUT2D eigenvalue weighted by atomic mass is 10.0. The van der Waals surface area contributed by atoms with Crippen LogP contribution in [-0.2, 0) is 4.79 Å². The van der Waals surface area contributed by atoms with Crippen LogP contribution in [0.1, 0.15) is 36.3 Å². The van der Waals surface area contributed by atoms with Crippen molar-refractivity contribution >= 4 is 11.9 Å². The van der Waals surface area contributed by atoms with Crippen LogP contribution in [0.2, 0.25) is 0 Å². The lowest BCUT2D eigenvalue weighted by molar-refractivity contribution is -0.139. The maximum atomic E-state index is 13.2. The zero-order chi connectivity index (χ0) is 17.9. The maximum Gasteiger partial charge on any atom is 0.326 e. The Balaban J connectivity index is 2.17. The summed E-state index contributed by atoms with van der Waals surface area (Å²) in [4.78, 5) is 23.4. The van der Waals surface area contributed by atoms with Crippen molar-refractivity contribution in [2.24, 2.45) is 5.92 Å². The summed E-state index contributed by atoms with van der Waals surface area (Å²) in [7, 11) is 0. The number of halogens is 1. The van der Waals surface area contributed by atoms with Gasteiger partial charge < -0.3 is 10.4 Å². The van der Waals surface area contributed by atoms with Gasteiger partial charge in [-0.1, -0.05) is 13.8 Å². The molecule has 0 fully saturated rings. The highest BCUT2D eigenvalue weighted by Crippen LogP contribution is 2.15. The Morgan fingerprint density at radius 1 is 1.33 bits per heavy atom. The first-order valence-electron chi connectivity index (χ1n) is 7.63. The molecule has 2 rings (SSSR count). The summed E-state index contributed by atoms with van der Waals surface area (Å²) in [6.07, 6.45) is 1.91. The van der Waals surface area contributed by atoms with Gasteiger partial charge in [0.05, 0.1) is 5.69 Å². The van der Waals surface area contributed by atoms with E-state index in [1.165, 1.54) is 22.9 Å². The van der Waals surface area contributed by atoms with E-state index < -0.39 is 17.9 Å². The highest BCUT2D eigenvalue weighted by Gasteiger charge is 2.23. The molecule has 128 valence electrons. The van der Waals surface area contributed by atoms with E-state index in [1.807, 2.05) is 13.8 Å². The number of carbonyl (C=O) groups is 2. The fourth-order valence-corrected chi connectivity index (χ4v) is 2.38. The number of carboxylic acids is 1. The van der Waals surface area contributed by atoms with Crippen LogP contribution in [0.4, 0.5) is 4.39 Å². The number of aromatic nitrogens is 2. The summed E-state index contributed by atoms with van der Waals surface area (Å²) in [5.74, 6) is -1.85. The summed E-state index contributed by atoms with van der Waals surface area (Å²) in [6.45, 7) is 5.51. The molecular formula is C17H20FN3O3. The molecule has 1 atom stereocenters. The molecule has 0 radical (unpaired) electrons. The monoisotopic (exact) mass is 333 g/mol. The number of carbonyl (C=O) groups excluding carboxylic acids is 1. The van der Waals surface area contributed by atoms with Crippen LogP contribution in [0.15, 0.2) is 30.5 Å². The highest BCUT2D eigenvalue weighted by molar-refractivity contribution is 5.94. The lowest BCUT2D eigenvalue weighted by Crippen LogP contribution is -2.41. The Labute approximate surface area is 139 Å². The van der Waals surface area contributed by atoms with E-state index in [4.69, 9.17) is 0 Å². The Morgan fingerprint density at radius 2 is 2.04 bits per heavy atom. The van der Waals surface area contributed by atoms with Crippen molar-refractivity contribution < 1.29 is 19.1 Å². The van der Waals surface area contributed by atoms with Gasteiger partial charge in [0, 0.05) is 6.20 Å². The predicted octanol–water partition coefficient (Wildman–Crippen LogP) is 2.55. The molecule has 0 saturated heterocycles. The van der Waals surface area contributed by atoms with Crippen LogP contribution in [-0.4, -0.2) is 32.8 Å². The third kappa shape index (κ3) is 4.18. The van der Waals surface area contributed by atoms with Crippen LogP contribution in [0.5, 0.6) is 0 Å². The van der Waals surface area contributed by atoms with Gasteiger partial charge in [-0.05, 0) is 49.1 Å². The van der Waals surface area contributed by atoms with Gasteiger partial charge in [-0.2, -0.15) is 5.10 Å². The minimum Gasteiger partial charge on any atom is -0.480 e. The standard InChI is InChI=1S/C17H20FN3O3/c1-10(2)8-14(17(23)24)19-16(22)13-6-7-21(20-13)15-5-4-12(18)9-11(15)3/h4-7,9-10,14H,8H2,1-3H3,(H,19,22)(H,23,24)/t14-/m1/s1. The van der Waals surface area contributed by atoms with E-state index in [-0.39, 0.29) is 17.4 Å². The molecule has 7 heteroatoms. The summed E-state index contributed by atoms with van der Waals surface area (Å²) in [5, 5.41) is 15.8. The fourth-order valence-electron chi connectivity index (χ4n) is 2.38. The molecule has 1 aromatic carbocycles. The smallest absolute Gasteiger partial charge is 0.326 e. The van der Waals surface area contributed by atoms with Gasteiger partial charge in [-0.3, -0.25) is 4.79 Å². The first kappa shape index (κ1) is 17.7. The van der Waals surface area contributed by atoms with Crippen molar-refractivity contribution in [2.75, 3.05) is 0 Å². The molecular weight excluding hydrogens is 313 g/mol. The van der Waals surface area contributed by atoms with Crippen molar-refractivity contribution in [1.29, 1.82) is 0 Å². The number of aryl methyl sites for hydroxylation is 1. The van der Waals surface area contributed by atoms with Gasteiger partial charge in [-0.15, -0.1) is 0 Å². The van der Waals surface area contributed by atoms with Crippen LogP contribution < -0.4 is 5.32 Å². The average Bonchev–Trinajstić information content (AvgIpc) is 2.95. The number of aliphatic carboxylic acids is 1. The predicted molar refractivity (Wildman–Crippen MR) is 86.6 cm³/mol. The van der Waals surface area contributed by atoms with Crippen LogP contribution in [0, 0.1) is 18.7 Å². The fraction of sp³-hybridized carbons (Fsp3) is 0.353. The summed E-state index contributed by atoms with van der Waals surface area (Å²) < 4.78 is 14.6. The Morgan fingerprint density at radius 3 is 2.62 bits per heavy atom. The molecule has 0 unspecified atom stereocenters. The largest absolute Gasteiger partial charge is 0.480 e. The SMILES string of the molecule is Cc1cc(F)ccc1-n1ccc(C(=O)N[C@H](CC(C)C)C(=O)O)n1. The summed E-state index contributed by atoms with van der Waals surface area (Å²) in [5.41, 5.74) is 1.43. The number of rotatable bonds is 6. The first-order valence-corrected chi connectivity index (χ1v) is 7.63. The number of hydrogen-bond acceptors (Lipinski definition) is 3. The quantitative estimate of drug-likeness (QED) is 0.851. The zero-order valence-electron chi connectivity index (χ0n) is 13.8. The molecule has 2 aromatic rings. The second-order valence-corrected chi connectivity index (χ2v) is 6.07. The van der Waals surface area contributed by atoms with Crippen molar-refractivity contribution in [3.63, 3.8) is 0 Å². The van der Waals surface area contributed by atoms with Crippen LogP contribution >= 0.6 is 0 Å². The van der Waals surface area contributed by atoms with Crippen molar-refractivity contribution in [3.05, 3.63) is 47.5 Å². The Bertz CT molecular complexity index is 755. The molecule has 0 aliphatic carbocycles. The number of benzene rings is 1. The third-order valence-electron chi connectivity index (χ3n) is 3.54. The van der Waals surface area contributed by atoms with Crippen LogP contribution in [0.3, 0.4) is 0 Å². The van der Waals surface area contributed by atoms with Gasteiger partial charge >= 0.3 is 5.97 Å². The van der Waals surface area contributed by atoms with Gasteiger partial charge in [0.25, 0.3) is 5.91 Å². The average molecular weight is 333 g/mol. The minimum absolute atomic E-state index is 0.105.